The standard InChI is InChI=1S/C16H33NO/c1-5-16(4,18-7-3)15(17-6-2)14-12-10-8-9-11-13-14/h14-15,17H,5-13H2,1-4H3. The van der Waals surface area contributed by atoms with Crippen LogP contribution >= 0.6 is 0 Å². The lowest BCUT2D eigenvalue weighted by Crippen LogP contribution is -2.54. The van der Waals surface area contributed by atoms with Crippen LogP contribution in [-0.4, -0.2) is 24.8 Å². The molecule has 0 amide bonds. The molecule has 1 fully saturated rings. The zero-order valence-electron chi connectivity index (χ0n) is 12.9. The molecule has 0 bridgehead atoms. The number of hydrogen-bond acceptors (Lipinski definition) is 2. The van der Waals surface area contributed by atoms with E-state index >= 15 is 0 Å². The minimum Gasteiger partial charge on any atom is -0.374 e. The van der Waals surface area contributed by atoms with Crippen LogP contribution in [0.25, 0.3) is 0 Å². The van der Waals surface area contributed by atoms with Crippen LogP contribution in [0, 0.1) is 5.92 Å². The third-order valence-electron chi connectivity index (χ3n) is 4.63. The highest BCUT2D eigenvalue weighted by molar-refractivity contribution is 4.93. The van der Waals surface area contributed by atoms with Gasteiger partial charge in [0.1, 0.15) is 0 Å². The fourth-order valence-electron chi connectivity index (χ4n) is 3.49. The maximum Gasteiger partial charge on any atom is 0.0806 e. The molecule has 0 aromatic heterocycles. The van der Waals surface area contributed by atoms with Crippen LogP contribution < -0.4 is 5.32 Å². The van der Waals surface area contributed by atoms with Gasteiger partial charge in [-0.25, -0.2) is 0 Å². The smallest absolute Gasteiger partial charge is 0.0806 e. The molecule has 1 aliphatic rings. The summed E-state index contributed by atoms with van der Waals surface area (Å²) in [6.45, 7) is 10.8. The first-order valence-electron chi connectivity index (χ1n) is 8.05. The van der Waals surface area contributed by atoms with Crippen molar-refractivity contribution in [1.82, 2.24) is 5.32 Å². The maximum absolute atomic E-state index is 6.12. The van der Waals surface area contributed by atoms with Gasteiger partial charge in [0.05, 0.1) is 5.60 Å². The lowest BCUT2D eigenvalue weighted by Gasteiger charge is -2.42. The van der Waals surface area contributed by atoms with Crippen LogP contribution in [0.3, 0.4) is 0 Å². The molecule has 18 heavy (non-hydrogen) atoms. The summed E-state index contributed by atoms with van der Waals surface area (Å²) in [5.74, 6) is 0.795. The molecule has 0 aromatic carbocycles. The van der Waals surface area contributed by atoms with Gasteiger partial charge in [0.25, 0.3) is 0 Å². The van der Waals surface area contributed by atoms with Crippen LogP contribution in [0.2, 0.25) is 0 Å². The van der Waals surface area contributed by atoms with Crippen LogP contribution in [0.1, 0.15) is 72.6 Å². The second-order valence-electron chi connectivity index (χ2n) is 5.89. The Morgan fingerprint density at radius 3 is 2.17 bits per heavy atom. The first-order valence-corrected chi connectivity index (χ1v) is 8.05. The predicted molar refractivity (Wildman–Crippen MR) is 79.0 cm³/mol. The monoisotopic (exact) mass is 255 g/mol. The van der Waals surface area contributed by atoms with Crippen molar-refractivity contribution >= 4 is 0 Å². The highest BCUT2D eigenvalue weighted by Crippen LogP contribution is 2.33. The zero-order chi connectivity index (χ0) is 13.4. The number of rotatable bonds is 7. The first-order chi connectivity index (χ1) is 8.68. The molecular weight excluding hydrogens is 222 g/mol. The summed E-state index contributed by atoms with van der Waals surface area (Å²) in [6, 6.07) is 0.519. The van der Waals surface area contributed by atoms with E-state index in [-0.39, 0.29) is 5.60 Å². The van der Waals surface area contributed by atoms with Gasteiger partial charge in [-0.3, -0.25) is 0 Å². The lowest BCUT2D eigenvalue weighted by molar-refractivity contribution is -0.0705. The van der Waals surface area contributed by atoms with Gasteiger partial charge < -0.3 is 10.1 Å². The van der Waals surface area contributed by atoms with Crippen LogP contribution in [0.15, 0.2) is 0 Å². The highest BCUT2D eigenvalue weighted by Gasteiger charge is 2.38. The number of likely N-dealkylation sites (N-methyl/N-ethyl adjacent to an activating group) is 1. The summed E-state index contributed by atoms with van der Waals surface area (Å²) in [6.07, 6.45) is 9.49. The number of hydrogen-bond donors (Lipinski definition) is 1. The third-order valence-corrected chi connectivity index (χ3v) is 4.63. The summed E-state index contributed by atoms with van der Waals surface area (Å²) in [5.41, 5.74) is -0.000231. The Balaban J connectivity index is 2.77. The van der Waals surface area contributed by atoms with Crippen LogP contribution in [0.4, 0.5) is 0 Å². The molecule has 2 unspecified atom stereocenters. The van der Waals surface area contributed by atoms with Crippen molar-refractivity contribution in [2.24, 2.45) is 5.92 Å². The Kier molecular flexibility index (Phi) is 7.25. The molecule has 0 aromatic rings. The van der Waals surface area contributed by atoms with Crippen molar-refractivity contribution in [2.75, 3.05) is 13.2 Å². The number of nitrogens with one attached hydrogen (secondary N) is 1. The topological polar surface area (TPSA) is 21.3 Å². The molecular formula is C16H33NO. The fraction of sp³-hybridized carbons (Fsp3) is 1.00. The minimum atomic E-state index is -0.000231. The summed E-state index contributed by atoms with van der Waals surface area (Å²) in [4.78, 5) is 0. The van der Waals surface area contributed by atoms with Crippen molar-refractivity contribution in [3.63, 3.8) is 0 Å². The second kappa shape index (κ2) is 8.16. The van der Waals surface area contributed by atoms with Gasteiger partial charge in [0.15, 0.2) is 0 Å². The Hall–Kier alpha value is -0.0800. The molecule has 1 saturated carbocycles. The SMILES string of the molecule is CCNC(C1CCCCCC1)C(C)(CC)OCC. The Morgan fingerprint density at radius 2 is 1.72 bits per heavy atom. The van der Waals surface area contributed by atoms with E-state index in [1.54, 1.807) is 0 Å². The van der Waals surface area contributed by atoms with E-state index in [2.05, 4.69) is 33.0 Å². The van der Waals surface area contributed by atoms with E-state index in [1.807, 2.05) is 0 Å². The number of ether oxygens (including phenoxy) is 1. The summed E-state index contributed by atoms with van der Waals surface area (Å²) < 4.78 is 6.12. The van der Waals surface area contributed by atoms with Crippen LogP contribution in [-0.2, 0) is 4.74 Å². The second-order valence-corrected chi connectivity index (χ2v) is 5.89. The average Bonchev–Trinajstić information content (AvgIpc) is 2.64. The quantitative estimate of drug-likeness (QED) is 0.690. The normalized spacial score (nSPS) is 23.3. The molecule has 0 heterocycles. The molecule has 1 N–H and O–H groups in total. The van der Waals surface area contributed by atoms with Crippen molar-refractivity contribution in [3.8, 4) is 0 Å². The van der Waals surface area contributed by atoms with Gasteiger partial charge in [-0.1, -0.05) is 39.5 Å². The molecule has 1 rings (SSSR count). The Labute approximate surface area is 114 Å². The van der Waals surface area contributed by atoms with E-state index in [4.69, 9.17) is 4.74 Å². The molecule has 0 spiro atoms. The van der Waals surface area contributed by atoms with Crippen molar-refractivity contribution in [3.05, 3.63) is 0 Å². The fourth-order valence-corrected chi connectivity index (χ4v) is 3.49. The van der Waals surface area contributed by atoms with Gasteiger partial charge in [0, 0.05) is 12.6 Å². The highest BCUT2D eigenvalue weighted by atomic mass is 16.5. The molecule has 2 heteroatoms. The van der Waals surface area contributed by atoms with Gasteiger partial charge in [-0.05, 0) is 45.6 Å². The Bertz CT molecular complexity index is 211. The van der Waals surface area contributed by atoms with Gasteiger partial charge >= 0.3 is 0 Å². The summed E-state index contributed by atoms with van der Waals surface area (Å²) in [7, 11) is 0. The summed E-state index contributed by atoms with van der Waals surface area (Å²) in [5, 5.41) is 3.73. The van der Waals surface area contributed by atoms with Crippen molar-refractivity contribution in [1.29, 1.82) is 0 Å². The molecule has 0 saturated heterocycles. The molecule has 0 radical (unpaired) electrons. The lowest BCUT2D eigenvalue weighted by atomic mass is 9.80. The van der Waals surface area contributed by atoms with E-state index in [9.17, 15) is 0 Å². The van der Waals surface area contributed by atoms with E-state index in [0.717, 1.165) is 25.5 Å². The van der Waals surface area contributed by atoms with E-state index < -0.39 is 0 Å². The minimum absolute atomic E-state index is 0.000231. The van der Waals surface area contributed by atoms with E-state index in [0.29, 0.717) is 6.04 Å². The molecule has 2 atom stereocenters. The first kappa shape index (κ1) is 16.0. The zero-order valence-corrected chi connectivity index (χ0v) is 12.9. The molecule has 108 valence electrons. The summed E-state index contributed by atoms with van der Waals surface area (Å²) >= 11 is 0. The maximum atomic E-state index is 6.12. The predicted octanol–water partition coefficient (Wildman–Crippen LogP) is 4.14. The molecule has 0 aliphatic heterocycles. The van der Waals surface area contributed by atoms with Crippen LogP contribution in [0.5, 0.6) is 0 Å². The van der Waals surface area contributed by atoms with Crippen molar-refractivity contribution < 1.29 is 4.74 Å². The largest absolute Gasteiger partial charge is 0.374 e. The molecule has 2 nitrogen and oxygen atoms in total. The van der Waals surface area contributed by atoms with Gasteiger partial charge in [-0.15, -0.1) is 0 Å². The van der Waals surface area contributed by atoms with Gasteiger partial charge in [-0.2, -0.15) is 0 Å². The Morgan fingerprint density at radius 1 is 1.11 bits per heavy atom. The molecule has 1 aliphatic carbocycles. The van der Waals surface area contributed by atoms with Crippen molar-refractivity contribution in [2.45, 2.75) is 84.3 Å². The van der Waals surface area contributed by atoms with Gasteiger partial charge in [0.2, 0.25) is 0 Å². The van der Waals surface area contributed by atoms with E-state index in [1.165, 1.54) is 38.5 Å². The third kappa shape index (κ3) is 4.24. The average molecular weight is 255 g/mol.